The van der Waals surface area contributed by atoms with Gasteiger partial charge in [-0.05, 0) is 30.5 Å². The summed E-state index contributed by atoms with van der Waals surface area (Å²) in [6.07, 6.45) is 1.50. The number of amides is 4. The number of likely N-dealkylation sites (tertiary alicyclic amines) is 1. The molecule has 0 spiro atoms. The molecule has 136 valence electrons. The molecular formula is C20H24N4O2. The van der Waals surface area contributed by atoms with E-state index in [9.17, 15) is 9.59 Å². The summed E-state index contributed by atoms with van der Waals surface area (Å²) in [6.45, 7) is 1.76. The first-order valence-electron chi connectivity index (χ1n) is 8.90. The van der Waals surface area contributed by atoms with Gasteiger partial charge in [-0.2, -0.15) is 0 Å². The van der Waals surface area contributed by atoms with E-state index >= 15 is 0 Å². The van der Waals surface area contributed by atoms with Gasteiger partial charge in [-0.25, -0.2) is 9.59 Å². The Hall–Kier alpha value is -3.02. The average molecular weight is 352 g/mol. The summed E-state index contributed by atoms with van der Waals surface area (Å²) in [5.74, 6) is 0. The van der Waals surface area contributed by atoms with Gasteiger partial charge >= 0.3 is 12.1 Å². The van der Waals surface area contributed by atoms with Gasteiger partial charge in [-0.3, -0.25) is 0 Å². The third kappa shape index (κ3) is 5.24. The largest absolute Gasteiger partial charge is 0.335 e. The number of nitrogens with zero attached hydrogens (tertiary/aromatic N) is 1. The lowest BCUT2D eigenvalue weighted by Crippen LogP contribution is -2.49. The van der Waals surface area contributed by atoms with Crippen LogP contribution in [0, 0.1) is 0 Å². The van der Waals surface area contributed by atoms with Gasteiger partial charge in [0.2, 0.25) is 0 Å². The van der Waals surface area contributed by atoms with Crippen molar-refractivity contribution in [2.75, 3.05) is 18.4 Å². The van der Waals surface area contributed by atoms with E-state index in [0.717, 1.165) is 24.1 Å². The molecule has 6 heteroatoms. The fraction of sp³-hybridized carbons (Fsp3) is 0.300. The summed E-state index contributed by atoms with van der Waals surface area (Å²) in [7, 11) is 0. The monoisotopic (exact) mass is 352 g/mol. The Bertz CT molecular complexity index is 713. The first-order valence-corrected chi connectivity index (χ1v) is 8.90. The van der Waals surface area contributed by atoms with Crippen LogP contribution >= 0.6 is 0 Å². The Morgan fingerprint density at radius 1 is 0.923 bits per heavy atom. The topological polar surface area (TPSA) is 73.5 Å². The zero-order valence-corrected chi connectivity index (χ0v) is 14.7. The maximum absolute atomic E-state index is 12.3. The first-order chi connectivity index (χ1) is 12.7. The van der Waals surface area contributed by atoms with Gasteiger partial charge in [-0.1, -0.05) is 48.5 Å². The highest BCUT2D eigenvalue weighted by atomic mass is 16.2. The Labute approximate surface area is 153 Å². The zero-order valence-electron chi connectivity index (χ0n) is 14.7. The van der Waals surface area contributed by atoms with E-state index in [4.69, 9.17) is 0 Å². The molecule has 6 nitrogen and oxygen atoms in total. The molecule has 0 atom stereocenters. The molecule has 0 unspecified atom stereocenters. The molecule has 2 aromatic carbocycles. The molecule has 1 heterocycles. The van der Waals surface area contributed by atoms with Gasteiger partial charge < -0.3 is 20.9 Å². The first kappa shape index (κ1) is 17.8. The third-order valence-electron chi connectivity index (χ3n) is 4.44. The number of carbonyl (C=O) groups excluding carboxylic acids is 2. The van der Waals surface area contributed by atoms with Crippen molar-refractivity contribution in [1.29, 1.82) is 0 Å². The van der Waals surface area contributed by atoms with Crippen LogP contribution in [0.25, 0.3) is 0 Å². The minimum absolute atomic E-state index is 0.0894. The lowest BCUT2D eigenvalue weighted by Gasteiger charge is -2.32. The van der Waals surface area contributed by atoms with Crippen molar-refractivity contribution in [2.24, 2.45) is 0 Å². The number of para-hydroxylation sites is 1. The van der Waals surface area contributed by atoms with Gasteiger partial charge in [0.05, 0.1) is 0 Å². The Morgan fingerprint density at radius 3 is 2.19 bits per heavy atom. The van der Waals surface area contributed by atoms with Crippen LogP contribution in [0.15, 0.2) is 60.7 Å². The third-order valence-corrected chi connectivity index (χ3v) is 4.44. The highest BCUT2D eigenvalue weighted by Crippen LogP contribution is 2.13. The molecule has 0 aromatic heterocycles. The van der Waals surface area contributed by atoms with Crippen LogP contribution in [0.1, 0.15) is 18.4 Å². The summed E-state index contributed by atoms with van der Waals surface area (Å²) in [6, 6.07) is 19.0. The van der Waals surface area contributed by atoms with E-state index in [1.165, 1.54) is 0 Å². The summed E-state index contributed by atoms with van der Waals surface area (Å²) in [5, 5.41) is 8.75. The maximum Gasteiger partial charge on any atom is 0.321 e. The number of piperidine rings is 1. The van der Waals surface area contributed by atoms with Gasteiger partial charge in [-0.15, -0.1) is 0 Å². The van der Waals surface area contributed by atoms with Crippen LogP contribution in [0.5, 0.6) is 0 Å². The number of hydrogen-bond acceptors (Lipinski definition) is 2. The van der Waals surface area contributed by atoms with Gasteiger partial charge in [0, 0.05) is 31.4 Å². The summed E-state index contributed by atoms with van der Waals surface area (Å²) < 4.78 is 0. The molecule has 3 N–H and O–H groups in total. The normalized spacial score (nSPS) is 14.5. The Morgan fingerprint density at radius 2 is 1.54 bits per heavy atom. The molecule has 1 fully saturated rings. The molecule has 26 heavy (non-hydrogen) atoms. The van der Waals surface area contributed by atoms with Crippen LogP contribution in [0.2, 0.25) is 0 Å². The highest BCUT2D eigenvalue weighted by molar-refractivity contribution is 5.89. The molecule has 1 aliphatic heterocycles. The van der Waals surface area contributed by atoms with Crippen molar-refractivity contribution in [3.63, 3.8) is 0 Å². The smallest absolute Gasteiger partial charge is 0.321 e. The van der Waals surface area contributed by atoms with Gasteiger partial charge in [0.1, 0.15) is 0 Å². The van der Waals surface area contributed by atoms with E-state index in [2.05, 4.69) is 16.0 Å². The molecule has 4 amide bonds. The van der Waals surface area contributed by atoms with Crippen LogP contribution in [0.4, 0.5) is 15.3 Å². The Kier molecular flexibility index (Phi) is 6.09. The quantitative estimate of drug-likeness (QED) is 0.791. The molecule has 3 rings (SSSR count). The number of anilines is 1. The van der Waals surface area contributed by atoms with Crippen LogP contribution in [-0.4, -0.2) is 36.1 Å². The standard InChI is InChI=1S/C20H24N4O2/c25-19(21-15-16-7-3-1-4-8-16)22-18-11-13-24(14-12-18)20(26)23-17-9-5-2-6-10-17/h1-10,18H,11-15H2,(H,23,26)(H2,21,22,25). The molecule has 0 radical (unpaired) electrons. The van der Waals surface area contributed by atoms with E-state index in [0.29, 0.717) is 19.6 Å². The van der Waals surface area contributed by atoms with Gasteiger partial charge in [0.25, 0.3) is 0 Å². The number of carbonyl (C=O) groups is 2. The fourth-order valence-electron chi connectivity index (χ4n) is 2.97. The fourth-order valence-corrected chi connectivity index (χ4v) is 2.97. The second kappa shape index (κ2) is 8.89. The lowest BCUT2D eigenvalue weighted by atomic mass is 10.1. The molecular weight excluding hydrogens is 328 g/mol. The van der Waals surface area contributed by atoms with E-state index in [1.54, 1.807) is 4.90 Å². The Balaban J connectivity index is 1.38. The molecule has 2 aromatic rings. The molecule has 1 saturated heterocycles. The molecule has 0 saturated carbocycles. The number of urea groups is 2. The molecule has 0 aliphatic carbocycles. The van der Waals surface area contributed by atoms with Gasteiger partial charge in [0.15, 0.2) is 0 Å². The minimum Gasteiger partial charge on any atom is -0.335 e. The molecule has 1 aliphatic rings. The van der Waals surface area contributed by atoms with Crippen molar-refractivity contribution >= 4 is 17.7 Å². The second-order valence-electron chi connectivity index (χ2n) is 6.37. The number of rotatable bonds is 4. The second-order valence-corrected chi connectivity index (χ2v) is 6.37. The van der Waals surface area contributed by atoms with E-state index in [1.807, 2.05) is 60.7 Å². The predicted octanol–water partition coefficient (Wildman–Crippen LogP) is 3.18. The summed E-state index contributed by atoms with van der Waals surface area (Å²) in [4.78, 5) is 26.1. The van der Waals surface area contributed by atoms with Crippen LogP contribution < -0.4 is 16.0 Å². The summed E-state index contributed by atoms with van der Waals surface area (Å²) >= 11 is 0. The zero-order chi connectivity index (χ0) is 18.2. The SMILES string of the molecule is O=C(NCc1ccccc1)NC1CCN(C(=O)Nc2ccccc2)CC1. The summed E-state index contributed by atoms with van der Waals surface area (Å²) in [5.41, 5.74) is 1.85. The van der Waals surface area contributed by atoms with Crippen molar-refractivity contribution < 1.29 is 9.59 Å². The lowest BCUT2D eigenvalue weighted by molar-refractivity contribution is 0.187. The number of benzene rings is 2. The van der Waals surface area contributed by atoms with Crippen molar-refractivity contribution in [3.8, 4) is 0 Å². The van der Waals surface area contributed by atoms with Crippen molar-refractivity contribution in [1.82, 2.24) is 15.5 Å². The van der Waals surface area contributed by atoms with Crippen molar-refractivity contribution in [3.05, 3.63) is 66.2 Å². The average Bonchev–Trinajstić information content (AvgIpc) is 2.68. The van der Waals surface area contributed by atoms with E-state index < -0.39 is 0 Å². The number of nitrogens with one attached hydrogen (secondary N) is 3. The van der Waals surface area contributed by atoms with Crippen molar-refractivity contribution in [2.45, 2.75) is 25.4 Å². The highest BCUT2D eigenvalue weighted by Gasteiger charge is 2.23. The maximum atomic E-state index is 12.3. The van der Waals surface area contributed by atoms with Crippen LogP contribution in [-0.2, 0) is 6.54 Å². The minimum atomic E-state index is -0.166. The van der Waals surface area contributed by atoms with E-state index in [-0.39, 0.29) is 18.1 Å². The predicted molar refractivity (Wildman–Crippen MR) is 102 cm³/mol. The molecule has 0 bridgehead atoms. The number of hydrogen-bond donors (Lipinski definition) is 3. The van der Waals surface area contributed by atoms with Crippen LogP contribution in [0.3, 0.4) is 0 Å².